The Morgan fingerprint density at radius 3 is 1.40 bits per heavy atom. The lowest BCUT2D eigenvalue weighted by atomic mass is 10.2. The van der Waals surface area contributed by atoms with Crippen molar-refractivity contribution in [1.82, 2.24) is 10.2 Å². The SMILES string of the molecule is Fc1ccc(/C=N\Nc2nnc(N/N=C\c3ccc(F)cc3)c3ccccc23)cc1. The zero-order valence-corrected chi connectivity index (χ0v) is 15.6. The Morgan fingerprint density at radius 2 is 1.00 bits per heavy atom. The van der Waals surface area contributed by atoms with Gasteiger partial charge in [0.25, 0.3) is 0 Å². The van der Waals surface area contributed by atoms with Crippen LogP contribution in [0.3, 0.4) is 0 Å². The van der Waals surface area contributed by atoms with Crippen LogP contribution in [0.25, 0.3) is 10.8 Å². The fraction of sp³-hybridized carbons (Fsp3) is 0. The lowest BCUT2D eigenvalue weighted by molar-refractivity contribution is 0.627. The van der Waals surface area contributed by atoms with E-state index in [9.17, 15) is 8.78 Å². The second-order valence-electron chi connectivity index (χ2n) is 6.29. The van der Waals surface area contributed by atoms with Crippen molar-refractivity contribution < 1.29 is 8.78 Å². The highest BCUT2D eigenvalue weighted by molar-refractivity contribution is 5.98. The van der Waals surface area contributed by atoms with Crippen LogP contribution < -0.4 is 10.9 Å². The molecule has 0 radical (unpaired) electrons. The molecule has 148 valence electrons. The molecule has 0 fully saturated rings. The molecule has 8 heteroatoms. The largest absolute Gasteiger partial charge is 0.259 e. The number of hydrogen-bond donors (Lipinski definition) is 2. The summed E-state index contributed by atoms with van der Waals surface area (Å²) in [6.45, 7) is 0. The number of fused-ring (bicyclic) bond motifs is 1. The van der Waals surface area contributed by atoms with Crippen molar-refractivity contribution in [3.05, 3.63) is 95.6 Å². The van der Waals surface area contributed by atoms with Crippen molar-refractivity contribution in [3.8, 4) is 0 Å². The van der Waals surface area contributed by atoms with Gasteiger partial charge < -0.3 is 0 Å². The Balaban J connectivity index is 1.52. The first-order valence-electron chi connectivity index (χ1n) is 9.04. The van der Waals surface area contributed by atoms with E-state index in [4.69, 9.17) is 0 Å². The van der Waals surface area contributed by atoms with Crippen LogP contribution in [-0.4, -0.2) is 22.6 Å². The molecule has 1 heterocycles. The molecule has 4 aromatic rings. The Kier molecular flexibility index (Phi) is 5.66. The van der Waals surface area contributed by atoms with Crippen LogP contribution in [0.15, 0.2) is 83.0 Å². The Hall–Kier alpha value is -4.20. The van der Waals surface area contributed by atoms with Crippen LogP contribution in [0.2, 0.25) is 0 Å². The maximum absolute atomic E-state index is 13.0. The zero-order chi connectivity index (χ0) is 20.8. The van der Waals surface area contributed by atoms with Crippen molar-refractivity contribution in [2.75, 3.05) is 10.9 Å². The summed E-state index contributed by atoms with van der Waals surface area (Å²) in [5.41, 5.74) is 7.22. The maximum atomic E-state index is 13.0. The molecule has 0 amide bonds. The molecule has 0 saturated carbocycles. The summed E-state index contributed by atoms with van der Waals surface area (Å²) in [6, 6.07) is 19.5. The van der Waals surface area contributed by atoms with E-state index in [1.165, 1.54) is 24.3 Å². The van der Waals surface area contributed by atoms with Gasteiger partial charge in [-0.25, -0.2) is 8.78 Å². The second kappa shape index (κ2) is 8.87. The highest BCUT2D eigenvalue weighted by Gasteiger charge is 2.07. The van der Waals surface area contributed by atoms with Gasteiger partial charge in [0.2, 0.25) is 0 Å². The van der Waals surface area contributed by atoms with Gasteiger partial charge >= 0.3 is 0 Å². The molecule has 0 aliphatic rings. The third-order valence-corrected chi connectivity index (χ3v) is 4.20. The maximum Gasteiger partial charge on any atom is 0.176 e. The topological polar surface area (TPSA) is 74.6 Å². The highest BCUT2D eigenvalue weighted by atomic mass is 19.1. The molecule has 2 N–H and O–H groups in total. The van der Waals surface area contributed by atoms with E-state index in [2.05, 4.69) is 31.3 Å². The van der Waals surface area contributed by atoms with E-state index < -0.39 is 0 Å². The minimum atomic E-state index is -0.304. The first-order valence-corrected chi connectivity index (χ1v) is 9.04. The van der Waals surface area contributed by atoms with Gasteiger partial charge in [0.15, 0.2) is 11.6 Å². The summed E-state index contributed by atoms with van der Waals surface area (Å²) >= 11 is 0. The Bertz CT molecular complexity index is 1110. The van der Waals surface area contributed by atoms with E-state index in [0.717, 1.165) is 21.9 Å². The molecule has 30 heavy (non-hydrogen) atoms. The molecule has 3 aromatic carbocycles. The van der Waals surface area contributed by atoms with Crippen LogP contribution in [0.4, 0.5) is 20.4 Å². The minimum absolute atomic E-state index is 0.304. The van der Waals surface area contributed by atoms with Crippen LogP contribution in [0.1, 0.15) is 11.1 Å². The summed E-state index contributed by atoms with van der Waals surface area (Å²) in [5, 5.41) is 18.2. The van der Waals surface area contributed by atoms with Crippen LogP contribution in [0.5, 0.6) is 0 Å². The quantitative estimate of drug-likeness (QED) is 0.359. The predicted octanol–water partition coefficient (Wildman–Crippen LogP) is 4.80. The smallest absolute Gasteiger partial charge is 0.176 e. The lowest BCUT2D eigenvalue weighted by Crippen LogP contribution is -2.01. The average Bonchev–Trinajstić information content (AvgIpc) is 2.77. The van der Waals surface area contributed by atoms with Gasteiger partial charge in [0.05, 0.1) is 12.4 Å². The fourth-order valence-corrected chi connectivity index (χ4v) is 2.70. The first-order chi connectivity index (χ1) is 14.7. The molecular formula is C22H16F2N6. The van der Waals surface area contributed by atoms with E-state index in [1.807, 2.05) is 24.3 Å². The number of halogens is 2. The van der Waals surface area contributed by atoms with Gasteiger partial charge in [-0.15, -0.1) is 10.2 Å². The molecule has 0 spiro atoms. The summed E-state index contributed by atoms with van der Waals surface area (Å²) in [5.74, 6) is 0.332. The summed E-state index contributed by atoms with van der Waals surface area (Å²) in [6.07, 6.45) is 3.13. The molecule has 0 aliphatic carbocycles. The van der Waals surface area contributed by atoms with Gasteiger partial charge in [0.1, 0.15) is 11.6 Å². The number of anilines is 2. The second-order valence-corrected chi connectivity index (χ2v) is 6.29. The van der Waals surface area contributed by atoms with E-state index in [1.54, 1.807) is 36.7 Å². The number of nitrogens with one attached hydrogen (secondary N) is 2. The molecule has 0 bridgehead atoms. The zero-order valence-electron chi connectivity index (χ0n) is 15.6. The first kappa shape index (κ1) is 19.1. The molecular weight excluding hydrogens is 386 g/mol. The molecule has 0 aliphatic heterocycles. The number of hydrazone groups is 2. The predicted molar refractivity (Wildman–Crippen MR) is 115 cm³/mol. The van der Waals surface area contributed by atoms with Crippen molar-refractivity contribution in [1.29, 1.82) is 0 Å². The van der Waals surface area contributed by atoms with Gasteiger partial charge in [0, 0.05) is 10.8 Å². The standard InChI is InChI=1S/C22H16F2N6/c23-17-9-5-15(6-10-17)13-25-27-21-19-3-1-2-4-20(19)22(30-29-21)28-26-14-16-7-11-18(24)12-8-16/h1-14H,(H,27,29)(H,28,30)/b25-13-,26-14-. The summed E-state index contributed by atoms with van der Waals surface area (Å²) < 4.78 is 26.0. The fourth-order valence-electron chi connectivity index (χ4n) is 2.70. The van der Waals surface area contributed by atoms with Crippen LogP contribution in [0, 0.1) is 11.6 Å². The minimum Gasteiger partial charge on any atom is -0.259 e. The molecule has 1 aromatic heterocycles. The van der Waals surface area contributed by atoms with Gasteiger partial charge in [-0.2, -0.15) is 10.2 Å². The van der Waals surface area contributed by atoms with Gasteiger partial charge in [-0.3, -0.25) is 10.9 Å². The number of benzene rings is 3. The third-order valence-electron chi connectivity index (χ3n) is 4.20. The van der Waals surface area contributed by atoms with Gasteiger partial charge in [-0.1, -0.05) is 48.5 Å². The third kappa shape index (κ3) is 4.61. The average molecular weight is 402 g/mol. The van der Waals surface area contributed by atoms with E-state index in [0.29, 0.717) is 11.6 Å². The van der Waals surface area contributed by atoms with Gasteiger partial charge in [-0.05, 0) is 35.4 Å². The van der Waals surface area contributed by atoms with E-state index >= 15 is 0 Å². The van der Waals surface area contributed by atoms with Crippen molar-refractivity contribution in [3.63, 3.8) is 0 Å². The van der Waals surface area contributed by atoms with Crippen LogP contribution >= 0.6 is 0 Å². The van der Waals surface area contributed by atoms with Crippen molar-refractivity contribution >= 4 is 34.8 Å². The van der Waals surface area contributed by atoms with Crippen LogP contribution in [-0.2, 0) is 0 Å². The molecule has 6 nitrogen and oxygen atoms in total. The number of hydrogen-bond acceptors (Lipinski definition) is 6. The normalized spacial score (nSPS) is 11.4. The van der Waals surface area contributed by atoms with E-state index in [-0.39, 0.29) is 11.6 Å². The van der Waals surface area contributed by atoms with Crippen molar-refractivity contribution in [2.45, 2.75) is 0 Å². The number of nitrogens with zero attached hydrogens (tertiary/aromatic N) is 4. The number of rotatable bonds is 6. The summed E-state index contributed by atoms with van der Waals surface area (Å²) in [4.78, 5) is 0. The monoisotopic (exact) mass is 402 g/mol. The Morgan fingerprint density at radius 1 is 0.600 bits per heavy atom. The number of aromatic nitrogens is 2. The molecule has 4 rings (SSSR count). The molecule has 0 unspecified atom stereocenters. The molecule has 0 atom stereocenters. The highest BCUT2D eigenvalue weighted by Crippen LogP contribution is 2.25. The molecule has 0 saturated heterocycles. The van der Waals surface area contributed by atoms with Crippen molar-refractivity contribution in [2.24, 2.45) is 10.2 Å². The summed E-state index contributed by atoms with van der Waals surface area (Å²) in [7, 11) is 0. The lowest BCUT2D eigenvalue weighted by Gasteiger charge is -2.07. The Labute approximate surface area is 171 Å².